The van der Waals surface area contributed by atoms with Crippen LogP contribution in [-0.4, -0.2) is 20.6 Å². The maximum Gasteiger partial charge on any atom is 0.336 e. The standard InChI is InChI=1S/C14H12N2O2S/c1-9-15-7-10(19-9)8-16-6-5-11-12(14(17)18)3-2-4-13(11)16/h2-7H,8H2,1H3,(H,17,18). The highest BCUT2D eigenvalue weighted by atomic mass is 32.1. The van der Waals surface area contributed by atoms with E-state index in [-0.39, 0.29) is 0 Å². The van der Waals surface area contributed by atoms with Gasteiger partial charge in [0.05, 0.1) is 17.1 Å². The number of aromatic nitrogens is 2. The van der Waals surface area contributed by atoms with E-state index in [1.54, 1.807) is 23.5 Å². The molecule has 0 spiro atoms. The number of aryl methyl sites for hydroxylation is 1. The van der Waals surface area contributed by atoms with Crippen LogP contribution in [0.1, 0.15) is 20.2 Å². The smallest absolute Gasteiger partial charge is 0.336 e. The van der Waals surface area contributed by atoms with E-state index in [0.29, 0.717) is 5.56 Å². The molecule has 3 aromatic rings. The quantitative estimate of drug-likeness (QED) is 0.796. The number of aromatic carboxylic acids is 1. The first-order chi connectivity index (χ1) is 9.15. The highest BCUT2D eigenvalue weighted by molar-refractivity contribution is 7.11. The summed E-state index contributed by atoms with van der Waals surface area (Å²) in [5.74, 6) is -0.892. The van der Waals surface area contributed by atoms with Gasteiger partial charge in [-0.2, -0.15) is 0 Å². The highest BCUT2D eigenvalue weighted by Crippen LogP contribution is 2.22. The SMILES string of the molecule is Cc1ncc(Cn2ccc3c(C(=O)O)cccc32)s1. The predicted octanol–water partition coefficient (Wildman–Crippen LogP) is 3.15. The number of thiazole rings is 1. The Kier molecular flexibility index (Phi) is 2.83. The van der Waals surface area contributed by atoms with Gasteiger partial charge in [0.1, 0.15) is 0 Å². The number of carboxylic acid groups (broad SMARTS) is 1. The lowest BCUT2D eigenvalue weighted by Gasteiger charge is -2.04. The zero-order valence-electron chi connectivity index (χ0n) is 10.3. The lowest BCUT2D eigenvalue weighted by molar-refractivity contribution is 0.0699. The number of rotatable bonds is 3. The fourth-order valence-electron chi connectivity index (χ4n) is 2.19. The minimum absolute atomic E-state index is 0.344. The Balaban J connectivity index is 2.06. The van der Waals surface area contributed by atoms with E-state index in [2.05, 4.69) is 9.55 Å². The molecule has 0 amide bonds. The molecule has 0 saturated carbocycles. The fourth-order valence-corrected chi connectivity index (χ4v) is 2.99. The topological polar surface area (TPSA) is 55.1 Å². The van der Waals surface area contributed by atoms with Crippen molar-refractivity contribution in [3.63, 3.8) is 0 Å². The van der Waals surface area contributed by atoms with Gasteiger partial charge in [-0.3, -0.25) is 0 Å². The summed E-state index contributed by atoms with van der Waals surface area (Å²) < 4.78 is 2.05. The third-order valence-electron chi connectivity index (χ3n) is 3.04. The van der Waals surface area contributed by atoms with Crippen molar-refractivity contribution in [3.05, 3.63) is 52.1 Å². The van der Waals surface area contributed by atoms with E-state index < -0.39 is 5.97 Å². The Morgan fingerprint density at radius 3 is 2.95 bits per heavy atom. The minimum Gasteiger partial charge on any atom is -0.478 e. The zero-order chi connectivity index (χ0) is 13.4. The van der Waals surface area contributed by atoms with Gasteiger partial charge in [-0.1, -0.05) is 6.07 Å². The molecule has 0 aliphatic heterocycles. The molecule has 2 heterocycles. The van der Waals surface area contributed by atoms with Crippen molar-refractivity contribution >= 4 is 28.2 Å². The Hall–Kier alpha value is -2.14. The van der Waals surface area contributed by atoms with Gasteiger partial charge >= 0.3 is 5.97 Å². The molecule has 4 nitrogen and oxygen atoms in total. The van der Waals surface area contributed by atoms with Crippen LogP contribution in [-0.2, 0) is 6.54 Å². The molecule has 0 saturated heterocycles. The number of carboxylic acids is 1. The van der Waals surface area contributed by atoms with Crippen molar-refractivity contribution in [3.8, 4) is 0 Å². The summed E-state index contributed by atoms with van der Waals surface area (Å²) in [4.78, 5) is 16.6. The molecule has 5 heteroatoms. The second-order valence-corrected chi connectivity index (χ2v) is 5.65. The number of nitrogens with zero attached hydrogens (tertiary/aromatic N) is 2. The van der Waals surface area contributed by atoms with Gasteiger partial charge in [-0.25, -0.2) is 9.78 Å². The van der Waals surface area contributed by atoms with E-state index >= 15 is 0 Å². The van der Waals surface area contributed by atoms with Gasteiger partial charge in [-0.15, -0.1) is 11.3 Å². The molecule has 0 unspecified atom stereocenters. The number of benzene rings is 1. The molecule has 0 radical (unpaired) electrons. The monoisotopic (exact) mass is 272 g/mol. The van der Waals surface area contributed by atoms with Crippen molar-refractivity contribution in [1.82, 2.24) is 9.55 Å². The maximum absolute atomic E-state index is 11.2. The van der Waals surface area contributed by atoms with Crippen LogP contribution < -0.4 is 0 Å². The number of carbonyl (C=O) groups is 1. The van der Waals surface area contributed by atoms with Gasteiger partial charge < -0.3 is 9.67 Å². The van der Waals surface area contributed by atoms with Gasteiger partial charge in [0.15, 0.2) is 0 Å². The van der Waals surface area contributed by atoms with E-state index in [1.165, 1.54) is 0 Å². The van der Waals surface area contributed by atoms with Crippen LogP contribution in [0, 0.1) is 6.92 Å². The van der Waals surface area contributed by atoms with E-state index in [1.807, 2.05) is 31.5 Å². The summed E-state index contributed by atoms with van der Waals surface area (Å²) in [7, 11) is 0. The number of fused-ring (bicyclic) bond motifs is 1. The average molecular weight is 272 g/mol. The lowest BCUT2D eigenvalue weighted by Crippen LogP contribution is -1.99. The van der Waals surface area contributed by atoms with Crippen LogP contribution in [0.3, 0.4) is 0 Å². The molecule has 0 atom stereocenters. The fraction of sp³-hybridized carbons (Fsp3) is 0.143. The van der Waals surface area contributed by atoms with Gasteiger partial charge in [0.2, 0.25) is 0 Å². The van der Waals surface area contributed by atoms with Crippen molar-refractivity contribution < 1.29 is 9.90 Å². The molecular formula is C14H12N2O2S. The van der Waals surface area contributed by atoms with Crippen LogP contribution in [0.2, 0.25) is 0 Å². The first-order valence-electron chi connectivity index (χ1n) is 5.87. The van der Waals surface area contributed by atoms with Crippen LogP contribution in [0.15, 0.2) is 36.7 Å². The number of hydrogen-bond donors (Lipinski definition) is 1. The molecule has 1 N–H and O–H groups in total. The summed E-state index contributed by atoms with van der Waals surface area (Å²) in [6.45, 7) is 2.70. The average Bonchev–Trinajstić information content (AvgIpc) is 2.97. The maximum atomic E-state index is 11.2. The van der Waals surface area contributed by atoms with Gasteiger partial charge in [0, 0.05) is 28.2 Å². The second kappa shape index (κ2) is 4.51. The normalized spacial score (nSPS) is 11.0. The third kappa shape index (κ3) is 2.13. The largest absolute Gasteiger partial charge is 0.478 e. The molecule has 0 fully saturated rings. The molecule has 3 rings (SSSR count). The molecule has 19 heavy (non-hydrogen) atoms. The summed E-state index contributed by atoms with van der Waals surface area (Å²) in [5, 5.41) is 11.0. The van der Waals surface area contributed by atoms with Gasteiger partial charge in [-0.05, 0) is 25.1 Å². The first kappa shape index (κ1) is 11.9. The Morgan fingerprint density at radius 1 is 1.42 bits per heavy atom. The van der Waals surface area contributed by atoms with Crippen LogP contribution in [0.5, 0.6) is 0 Å². The lowest BCUT2D eigenvalue weighted by atomic mass is 10.1. The Bertz CT molecular complexity index is 758. The van der Waals surface area contributed by atoms with Crippen molar-refractivity contribution in [2.75, 3.05) is 0 Å². The molecule has 96 valence electrons. The molecular weight excluding hydrogens is 260 g/mol. The summed E-state index contributed by atoms with van der Waals surface area (Å²) >= 11 is 1.66. The Morgan fingerprint density at radius 2 is 2.26 bits per heavy atom. The van der Waals surface area contributed by atoms with Gasteiger partial charge in [0.25, 0.3) is 0 Å². The zero-order valence-corrected chi connectivity index (χ0v) is 11.1. The molecule has 0 bridgehead atoms. The third-order valence-corrected chi connectivity index (χ3v) is 3.94. The number of hydrogen-bond acceptors (Lipinski definition) is 3. The first-order valence-corrected chi connectivity index (χ1v) is 6.69. The van der Waals surface area contributed by atoms with Crippen molar-refractivity contribution in [1.29, 1.82) is 0 Å². The van der Waals surface area contributed by atoms with Crippen LogP contribution in [0.25, 0.3) is 10.9 Å². The second-order valence-electron chi connectivity index (χ2n) is 4.33. The molecule has 2 aromatic heterocycles. The van der Waals surface area contributed by atoms with Crippen LogP contribution >= 0.6 is 11.3 Å². The van der Waals surface area contributed by atoms with E-state index in [0.717, 1.165) is 27.3 Å². The van der Waals surface area contributed by atoms with Crippen molar-refractivity contribution in [2.24, 2.45) is 0 Å². The van der Waals surface area contributed by atoms with Crippen LogP contribution in [0.4, 0.5) is 0 Å². The molecule has 1 aromatic carbocycles. The summed E-state index contributed by atoms with van der Waals surface area (Å²) in [6.07, 6.45) is 3.79. The highest BCUT2D eigenvalue weighted by Gasteiger charge is 2.11. The van der Waals surface area contributed by atoms with E-state index in [4.69, 9.17) is 5.11 Å². The summed E-state index contributed by atoms with van der Waals surface area (Å²) in [5.41, 5.74) is 1.28. The molecule has 0 aliphatic rings. The molecule has 0 aliphatic carbocycles. The van der Waals surface area contributed by atoms with Crippen molar-refractivity contribution in [2.45, 2.75) is 13.5 Å². The summed E-state index contributed by atoms with van der Waals surface area (Å²) in [6, 6.07) is 7.20. The Labute approximate surface area is 113 Å². The van der Waals surface area contributed by atoms with E-state index in [9.17, 15) is 4.79 Å². The predicted molar refractivity (Wildman–Crippen MR) is 74.9 cm³/mol. The minimum atomic E-state index is -0.892.